The molecule has 1 saturated carbocycles. The standard InChI is InChI=1S/C22H25N3O3S/c1-22(2,3)17-10-12-18(13-11-17)29(26,27)25-19-7-5-4-6-16(19)14-20-23-21(24-28-20)15-8-9-15/h4-7,10-13,15,25H,8-9,14H2,1-3H3. The van der Waals surface area contributed by atoms with Gasteiger partial charge in [0.2, 0.25) is 5.89 Å². The van der Waals surface area contributed by atoms with Gasteiger partial charge in [0, 0.05) is 5.92 Å². The van der Waals surface area contributed by atoms with Gasteiger partial charge in [0.05, 0.1) is 17.0 Å². The lowest BCUT2D eigenvalue weighted by atomic mass is 9.87. The Morgan fingerprint density at radius 2 is 1.76 bits per heavy atom. The molecule has 4 rings (SSSR count). The van der Waals surface area contributed by atoms with E-state index < -0.39 is 10.0 Å². The summed E-state index contributed by atoms with van der Waals surface area (Å²) in [5, 5.41) is 4.03. The van der Waals surface area contributed by atoms with Crippen LogP contribution in [0, 0.1) is 0 Å². The second-order valence-corrected chi connectivity index (χ2v) is 10.2. The smallest absolute Gasteiger partial charge is 0.261 e. The first-order chi connectivity index (χ1) is 13.7. The van der Waals surface area contributed by atoms with Crippen LogP contribution in [-0.4, -0.2) is 18.6 Å². The van der Waals surface area contributed by atoms with Crippen molar-refractivity contribution >= 4 is 15.7 Å². The molecule has 0 saturated heterocycles. The average molecular weight is 412 g/mol. The van der Waals surface area contributed by atoms with Gasteiger partial charge in [-0.05, 0) is 47.6 Å². The third-order valence-corrected chi connectivity index (χ3v) is 6.44. The van der Waals surface area contributed by atoms with Gasteiger partial charge in [0.25, 0.3) is 10.0 Å². The molecule has 0 amide bonds. The largest absolute Gasteiger partial charge is 0.339 e. The fraction of sp³-hybridized carbons (Fsp3) is 0.364. The first-order valence-electron chi connectivity index (χ1n) is 9.76. The summed E-state index contributed by atoms with van der Waals surface area (Å²) in [5.74, 6) is 1.65. The molecule has 1 aliphatic rings. The number of rotatable bonds is 6. The monoisotopic (exact) mass is 411 g/mol. The first-order valence-corrected chi connectivity index (χ1v) is 11.2. The maximum atomic E-state index is 12.9. The fourth-order valence-electron chi connectivity index (χ4n) is 3.12. The molecule has 0 bridgehead atoms. The minimum absolute atomic E-state index is 0.0360. The molecule has 0 atom stereocenters. The molecule has 152 valence electrons. The molecule has 0 unspecified atom stereocenters. The van der Waals surface area contributed by atoms with Gasteiger partial charge in [-0.3, -0.25) is 4.72 Å². The average Bonchev–Trinajstić information content (AvgIpc) is 3.42. The van der Waals surface area contributed by atoms with E-state index in [0.717, 1.165) is 29.8 Å². The Morgan fingerprint density at radius 3 is 2.41 bits per heavy atom. The molecule has 0 spiro atoms. The van der Waals surface area contributed by atoms with Crippen LogP contribution in [0.3, 0.4) is 0 Å². The molecule has 1 heterocycles. The summed E-state index contributed by atoms with van der Waals surface area (Å²) in [4.78, 5) is 4.67. The SMILES string of the molecule is CC(C)(C)c1ccc(S(=O)(=O)Nc2ccccc2Cc2nc(C3CC3)no2)cc1. The van der Waals surface area contributed by atoms with Crippen molar-refractivity contribution < 1.29 is 12.9 Å². The van der Waals surface area contributed by atoms with E-state index in [9.17, 15) is 8.42 Å². The van der Waals surface area contributed by atoms with Crippen molar-refractivity contribution in [2.45, 2.75) is 56.3 Å². The fourth-order valence-corrected chi connectivity index (χ4v) is 4.22. The second kappa shape index (κ2) is 7.30. The Balaban J connectivity index is 1.55. The molecular weight excluding hydrogens is 386 g/mol. The zero-order valence-corrected chi connectivity index (χ0v) is 17.7. The Morgan fingerprint density at radius 1 is 1.07 bits per heavy atom. The lowest BCUT2D eigenvalue weighted by Crippen LogP contribution is -2.15. The van der Waals surface area contributed by atoms with Gasteiger partial charge >= 0.3 is 0 Å². The van der Waals surface area contributed by atoms with Crippen molar-refractivity contribution in [2.75, 3.05) is 4.72 Å². The van der Waals surface area contributed by atoms with E-state index in [2.05, 4.69) is 35.6 Å². The second-order valence-electron chi connectivity index (χ2n) is 8.53. The molecule has 1 aromatic heterocycles. The zero-order chi connectivity index (χ0) is 20.6. The number of nitrogens with one attached hydrogen (secondary N) is 1. The Labute approximate surface area is 171 Å². The summed E-state index contributed by atoms with van der Waals surface area (Å²) in [6.45, 7) is 6.28. The van der Waals surface area contributed by atoms with Gasteiger partial charge in [-0.25, -0.2) is 8.42 Å². The predicted molar refractivity (Wildman–Crippen MR) is 111 cm³/mol. The highest BCUT2D eigenvalue weighted by Gasteiger charge is 2.29. The minimum atomic E-state index is -3.71. The van der Waals surface area contributed by atoms with Crippen molar-refractivity contribution in [3.8, 4) is 0 Å². The molecule has 6 nitrogen and oxygen atoms in total. The number of hydrogen-bond acceptors (Lipinski definition) is 5. The number of aromatic nitrogens is 2. The number of para-hydroxylation sites is 1. The van der Waals surface area contributed by atoms with Crippen LogP contribution in [-0.2, 0) is 21.9 Å². The molecule has 1 fully saturated rings. The molecule has 0 radical (unpaired) electrons. The van der Waals surface area contributed by atoms with Crippen LogP contribution in [0.25, 0.3) is 0 Å². The topological polar surface area (TPSA) is 85.1 Å². The van der Waals surface area contributed by atoms with E-state index >= 15 is 0 Å². The number of benzene rings is 2. The third-order valence-electron chi connectivity index (χ3n) is 5.06. The van der Waals surface area contributed by atoms with Crippen molar-refractivity contribution in [3.63, 3.8) is 0 Å². The molecular formula is C22H25N3O3S. The molecule has 29 heavy (non-hydrogen) atoms. The van der Waals surface area contributed by atoms with E-state index in [1.807, 2.05) is 24.3 Å². The molecule has 3 aromatic rings. The third kappa shape index (κ3) is 4.50. The van der Waals surface area contributed by atoms with Crippen LogP contribution in [0.1, 0.15) is 62.4 Å². The first kappa shape index (κ1) is 19.6. The maximum Gasteiger partial charge on any atom is 0.261 e. The Hall–Kier alpha value is -2.67. The van der Waals surface area contributed by atoms with Crippen LogP contribution < -0.4 is 4.72 Å². The van der Waals surface area contributed by atoms with Crippen molar-refractivity contribution in [3.05, 3.63) is 71.4 Å². The van der Waals surface area contributed by atoms with E-state index in [1.54, 1.807) is 24.3 Å². The summed E-state index contributed by atoms with van der Waals surface area (Å²) in [5.41, 5.74) is 2.35. The summed E-state index contributed by atoms with van der Waals surface area (Å²) >= 11 is 0. The van der Waals surface area contributed by atoms with Crippen LogP contribution in [0.4, 0.5) is 5.69 Å². The summed E-state index contributed by atoms with van der Waals surface area (Å²) in [6, 6.07) is 14.3. The Bertz CT molecular complexity index is 1110. The van der Waals surface area contributed by atoms with Gasteiger partial charge < -0.3 is 4.52 Å². The van der Waals surface area contributed by atoms with Gasteiger partial charge in [-0.1, -0.05) is 56.3 Å². The summed E-state index contributed by atoms with van der Waals surface area (Å²) < 4.78 is 33.9. The van der Waals surface area contributed by atoms with Crippen molar-refractivity contribution in [2.24, 2.45) is 0 Å². The van der Waals surface area contributed by atoms with Crippen molar-refractivity contribution in [1.82, 2.24) is 10.1 Å². The molecule has 0 aliphatic heterocycles. The van der Waals surface area contributed by atoms with Crippen LogP contribution in [0.5, 0.6) is 0 Å². The lowest BCUT2D eigenvalue weighted by molar-refractivity contribution is 0.379. The predicted octanol–water partition coefficient (Wildman–Crippen LogP) is 4.64. The van der Waals surface area contributed by atoms with E-state index in [4.69, 9.17) is 4.52 Å². The summed E-state index contributed by atoms with van der Waals surface area (Å²) in [6.07, 6.45) is 2.58. The maximum absolute atomic E-state index is 12.9. The highest BCUT2D eigenvalue weighted by Crippen LogP contribution is 2.38. The van der Waals surface area contributed by atoms with Crippen LogP contribution in [0.2, 0.25) is 0 Å². The number of anilines is 1. The van der Waals surface area contributed by atoms with Crippen LogP contribution >= 0.6 is 0 Å². The van der Waals surface area contributed by atoms with E-state index in [-0.39, 0.29) is 10.3 Å². The molecule has 1 N–H and O–H groups in total. The number of hydrogen-bond donors (Lipinski definition) is 1. The van der Waals surface area contributed by atoms with Gasteiger partial charge in [0.1, 0.15) is 0 Å². The lowest BCUT2D eigenvalue weighted by Gasteiger charge is -2.19. The molecule has 7 heteroatoms. The minimum Gasteiger partial charge on any atom is -0.339 e. The summed E-state index contributed by atoms with van der Waals surface area (Å²) in [7, 11) is -3.71. The Kier molecular flexibility index (Phi) is 4.94. The van der Waals surface area contributed by atoms with E-state index in [0.29, 0.717) is 23.9 Å². The molecule has 2 aromatic carbocycles. The normalized spacial score (nSPS) is 14.7. The van der Waals surface area contributed by atoms with Crippen LogP contribution in [0.15, 0.2) is 57.9 Å². The van der Waals surface area contributed by atoms with Gasteiger partial charge in [-0.15, -0.1) is 0 Å². The van der Waals surface area contributed by atoms with Crippen molar-refractivity contribution in [1.29, 1.82) is 0 Å². The highest BCUT2D eigenvalue weighted by atomic mass is 32.2. The number of nitrogens with zero attached hydrogens (tertiary/aromatic N) is 2. The highest BCUT2D eigenvalue weighted by molar-refractivity contribution is 7.92. The van der Waals surface area contributed by atoms with Gasteiger partial charge in [0.15, 0.2) is 5.82 Å². The quantitative estimate of drug-likeness (QED) is 0.639. The molecule has 1 aliphatic carbocycles. The van der Waals surface area contributed by atoms with Gasteiger partial charge in [-0.2, -0.15) is 4.98 Å². The number of sulfonamides is 1. The zero-order valence-electron chi connectivity index (χ0n) is 16.8. The van der Waals surface area contributed by atoms with E-state index in [1.165, 1.54) is 0 Å².